The first-order valence-corrected chi connectivity index (χ1v) is 6.78. The van der Waals surface area contributed by atoms with E-state index in [1.54, 1.807) is 0 Å². The van der Waals surface area contributed by atoms with Gasteiger partial charge in [-0.3, -0.25) is 0 Å². The molecule has 0 bridgehead atoms. The van der Waals surface area contributed by atoms with Crippen molar-refractivity contribution in [2.45, 2.75) is 46.1 Å². The zero-order chi connectivity index (χ0) is 11.8. The maximum atomic E-state index is 3.65. The van der Waals surface area contributed by atoms with Crippen molar-refractivity contribution in [1.29, 1.82) is 0 Å². The third-order valence-electron chi connectivity index (χ3n) is 3.45. The van der Waals surface area contributed by atoms with E-state index in [2.05, 4.69) is 60.2 Å². The molecule has 0 heterocycles. The van der Waals surface area contributed by atoms with Crippen LogP contribution in [-0.4, -0.2) is 6.04 Å². The summed E-state index contributed by atoms with van der Waals surface area (Å²) >= 11 is 3.62. The molecule has 16 heavy (non-hydrogen) atoms. The number of aryl methyl sites for hydroxylation is 1. The maximum absolute atomic E-state index is 3.65. The van der Waals surface area contributed by atoms with Gasteiger partial charge in [-0.2, -0.15) is 0 Å². The summed E-state index contributed by atoms with van der Waals surface area (Å²) in [6.45, 7) is 6.84. The van der Waals surface area contributed by atoms with E-state index in [0.717, 1.165) is 0 Å². The fourth-order valence-corrected chi connectivity index (χ4v) is 3.12. The molecule has 1 aliphatic carbocycles. The van der Waals surface area contributed by atoms with Crippen LogP contribution in [0.4, 0.5) is 5.69 Å². The Bertz CT molecular complexity index is 384. The van der Waals surface area contributed by atoms with E-state index in [0.29, 0.717) is 11.5 Å². The number of halogens is 1. The first kappa shape index (κ1) is 12.0. The monoisotopic (exact) mass is 281 g/mol. The molecule has 1 aliphatic rings. The molecule has 1 aromatic carbocycles. The van der Waals surface area contributed by atoms with Crippen LogP contribution < -0.4 is 5.32 Å². The van der Waals surface area contributed by atoms with E-state index >= 15 is 0 Å². The molecule has 1 aromatic rings. The van der Waals surface area contributed by atoms with Crippen molar-refractivity contribution in [3.05, 3.63) is 28.2 Å². The molecule has 1 fully saturated rings. The average Bonchev–Trinajstić information content (AvgIpc) is 2.51. The van der Waals surface area contributed by atoms with Gasteiger partial charge in [-0.25, -0.2) is 0 Å². The Labute approximate surface area is 107 Å². The van der Waals surface area contributed by atoms with Gasteiger partial charge in [0.15, 0.2) is 0 Å². The van der Waals surface area contributed by atoms with Crippen molar-refractivity contribution in [2.75, 3.05) is 5.32 Å². The fraction of sp³-hybridized carbons (Fsp3) is 0.571. The third kappa shape index (κ3) is 2.79. The van der Waals surface area contributed by atoms with Gasteiger partial charge < -0.3 is 5.32 Å². The highest BCUT2D eigenvalue weighted by atomic mass is 79.9. The summed E-state index contributed by atoms with van der Waals surface area (Å²) in [5, 5.41) is 3.65. The molecular weight excluding hydrogens is 262 g/mol. The summed E-state index contributed by atoms with van der Waals surface area (Å²) in [4.78, 5) is 0. The highest BCUT2D eigenvalue weighted by Gasteiger charge is 2.30. The number of nitrogens with one attached hydrogen (secondary N) is 1. The highest BCUT2D eigenvalue weighted by molar-refractivity contribution is 9.10. The Balaban J connectivity index is 2.05. The number of benzene rings is 1. The molecule has 1 saturated carbocycles. The van der Waals surface area contributed by atoms with Gasteiger partial charge in [0.1, 0.15) is 0 Å². The van der Waals surface area contributed by atoms with E-state index < -0.39 is 0 Å². The second-order valence-corrected chi connectivity index (χ2v) is 6.59. The Morgan fingerprint density at radius 3 is 2.69 bits per heavy atom. The molecule has 1 nitrogen and oxygen atoms in total. The van der Waals surface area contributed by atoms with E-state index in [4.69, 9.17) is 0 Å². The van der Waals surface area contributed by atoms with E-state index in [-0.39, 0.29) is 0 Å². The minimum absolute atomic E-state index is 0.509. The average molecular weight is 282 g/mol. The summed E-state index contributed by atoms with van der Waals surface area (Å²) in [6, 6.07) is 7.13. The van der Waals surface area contributed by atoms with E-state index in [1.807, 2.05) is 0 Å². The number of anilines is 1. The predicted molar refractivity (Wildman–Crippen MR) is 73.9 cm³/mol. The van der Waals surface area contributed by atoms with Gasteiger partial charge in [0.2, 0.25) is 0 Å². The first-order chi connectivity index (χ1) is 7.46. The number of hydrogen-bond donors (Lipinski definition) is 1. The highest BCUT2D eigenvalue weighted by Crippen LogP contribution is 2.39. The molecule has 1 atom stereocenters. The fourth-order valence-electron chi connectivity index (χ4n) is 2.52. The van der Waals surface area contributed by atoms with Crippen LogP contribution >= 0.6 is 15.9 Å². The summed E-state index contributed by atoms with van der Waals surface area (Å²) in [6.07, 6.45) is 3.88. The lowest BCUT2D eigenvalue weighted by atomic mass is 9.92. The zero-order valence-corrected chi connectivity index (χ0v) is 11.9. The molecule has 0 radical (unpaired) electrons. The van der Waals surface area contributed by atoms with Crippen LogP contribution in [0.5, 0.6) is 0 Å². The maximum Gasteiger partial charge on any atom is 0.0486 e. The van der Waals surface area contributed by atoms with Crippen molar-refractivity contribution in [3.8, 4) is 0 Å². The summed E-state index contributed by atoms with van der Waals surface area (Å²) < 4.78 is 1.18. The van der Waals surface area contributed by atoms with Gasteiger partial charge in [0.25, 0.3) is 0 Å². The Hall–Kier alpha value is -0.500. The summed E-state index contributed by atoms with van der Waals surface area (Å²) in [7, 11) is 0. The van der Waals surface area contributed by atoms with Crippen LogP contribution in [0.25, 0.3) is 0 Å². The number of hydrogen-bond acceptors (Lipinski definition) is 1. The third-order valence-corrected chi connectivity index (χ3v) is 4.11. The molecule has 2 rings (SSSR count). The van der Waals surface area contributed by atoms with Crippen LogP contribution in [0.2, 0.25) is 0 Å². The minimum Gasteiger partial charge on any atom is -0.381 e. The van der Waals surface area contributed by atoms with Gasteiger partial charge in [0.05, 0.1) is 0 Å². The molecule has 1 unspecified atom stereocenters. The van der Waals surface area contributed by atoms with Gasteiger partial charge in [-0.05, 0) is 65.2 Å². The number of rotatable bonds is 2. The molecule has 0 aliphatic heterocycles. The molecule has 88 valence electrons. The lowest BCUT2D eigenvalue weighted by molar-refractivity contribution is 0.378. The quantitative estimate of drug-likeness (QED) is 0.825. The molecule has 0 spiro atoms. The minimum atomic E-state index is 0.509. The second-order valence-electron chi connectivity index (χ2n) is 5.73. The normalized spacial score (nSPS) is 23.4. The SMILES string of the molecule is Cc1ccc(NC2CCC(C)(C)C2)c(Br)c1. The smallest absolute Gasteiger partial charge is 0.0486 e. The van der Waals surface area contributed by atoms with Crippen LogP contribution in [-0.2, 0) is 0 Å². The predicted octanol–water partition coefficient (Wildman–Crippen LogP) is 4.75. The summed E-state index contributed by atoms with van der Waals surface area (Å²) in [5.41, 5.74) is 3.03. The van der Waals surface area contributed by atoms with Crippen molar-refractivity contribution in [2.24, 2.45) is 5.41 Å². The Kier molecular flexibility index (Phi) is 3.29. The largest absolute Gasteiger partial charge is 0.381 e. The van der Waals surface area contributed by atoms with Gasteiger partial charge >= 0.3 is 0 Å². The topological polar surface area (TPSA) is 12.0 Å². The first-order valence-electron chi connectivity index (χ1n) is 5.99. The van der Waals surface area contributed by atoms with Crippen molar-refractivity contribution >= 4 is 21.6 Å². The Morgan fingerprint density at radius 2 is 2.12 bits per heavy atom. The van der Waals surface area contributed by atoms with Gasteiger partial charge in [-0.15, -0.1) is 0 Å². The zero-order valence-electron chi connectivity index (χ0n) is 10.3. The van der Waals surface area contributed by atoms with Gasteiger partial charge in [-0.1, -0.05) is 19.9 Å². The molecule has 0 aromatic heterocycles. The molecule has 0 saturated heterocycles. The van der Waals surface area contributed by atoms with Gasteiger partial charge in [0, 0.05) is 16.2 Å². The van der Waals surface area contributed by atoms with Crippen LogP contribution in [0.1, 0.15) is 38.7 Å². The van der Waals surface area contributed by atoms with Crippen LogP contribution in [0.15, 0.2) is 22.7 Å². The van der Waals surface area contributed by atoms with Crippen LogP contribution in [0, 0.1) is 12.3 Å². The second kappa shape index (κ2) is 4.40. The molecule has 0 amide bonds. The lowest BCUT2D eigenvalue weighted by Crippen LogP contribution is -2.17. The Morgan fingerprint density at radius 1 is 1.38 bits per heavy atom. The molecular formula is C14H20BrN. The lowest BCUT2D eigenvalue weighted by Gasteiger charge is -2.19. The molecule has 2 heteroatoms. The van der Waals surface area contributed by atoms with Crippen molar-refractivity contribution in [1.82, 2.24) is 0 Å². The summed E-state index contributed by atoms with van der Waals surface area (Å²) in [5.74, 6) is 0. The van der Waals surface area contributed by atoms with Crippen molar-refractivity contribution < 1.29 is 0 Å². The standard InChI is InChI=1S/C14H20BrN/c1-10-4-5-13(12(15)8-10)16-11-6-7-14(2,3)9-11/h4-5,8,11,16H,6-7,9H2,1-3H3. The van der Waals surface area contributed by atoms with Crippen LogP contribution in [0.3, 0.4) is 0 Å². The van der Waals surface area contributed by atoms with E-state index in [1.165, 1.54) is 35.0 Å². The molecule has 1 N–H and O–H groups in total. The van der Waals surface area contributed by atoms with Crippen molar-refractivity contribution in [3.63, 3.8) is 0 Å². The van der Waals surface area contributed by atoms with E-state index in [9.17, 15) is 0 Å².